The van der Waals surface area contributed by atoms with Gasteiger partial charge < -0.3 is 20.3 Å². The lowest BCUT2D eigenvalue weighted by Crippen LogP contribution is -2.38. The van der Waals surface area contributed by atoms with Gasteiger partial charge in [0.15, 0.2) is 0 Å². The van der Waals surface area contributed by atoms with Crippen molar-refractivity contribution in [3.05, 3.63) is 64.7 Å². The van der Waals surface area contributed by atoms with Crippen LogP contribution in [0, 0.1) is 6.92 Å². The molecule has 0 spiro atoms. The van der Waals surface area contributed by atoms with E-state index in [4.69, 9.17) is 4.74 Å². The monoisotopic (exact) mass is 357 g/mol. The minimum atomic E-state index is -1.08. The molecule has 0 aliphatic carbocycles. The highest BCUT2D eigenvalue weighted by Crippen LogP contribution is 2.29. The van der Waals surface area contributed by atoms with E-state index in [2.05, 4.69) is 5.32 Å². The Morgan fingerprint density at radius 1 is 1.19 bits per heavy atom. The van der Waals surface area contributed by atoms with Crippen LogP contribution in [0.25, 0.3) is 0 Å². The number of benzene rings is 2. The number of hydrogen-bond donors (Lipinski definition) is 3. The van der Waals surface area contributed by atoms with Gasteiger partial charge in [0.05, 0.1) is 6.10 Å². The number of carboxylic acids is 1. The second-order valence-corrected chi connectivity index (χ2v) is 7.44. The van der Waals surface area contributed by atoms with Crippen LogP contribution in [0.3, 0.4) is 0 Å². The fourth-order valence-corrected chi connectivity index (χ4v) is 2.60. The second-order valence-electron chi connectivity index (χ2n) is 7.44. The molecule has 2 rings (SSSR count). The number of aryl methyl sites for hydroxylation is 1. The highest BCUT2D eigenvalue weighted by molar-refractivity contribution is 5.91. The van der Waals surface area contributed by atoms with E-state index in [0.717, 1.165) is 5.56 Å². The van der Waals surface area contributed by atoms with Crippen LogP contribution < -0.4 is 10.1 Å². The third-order valence-electron chi connectivity index (χ3n) is 3.96. The number of aromatic carboxylic acids is 1. The van der Waals surface area contributed by atoms with Crippen LogP contribution in [0.15, 0.2) is 42.5 Å². The molecule has 0 radical (unpaired) electrons. The van der Waals surface area contributed by atoms with Gasteiger partial charge in [-0.25, -0.2) is 4.79 Å². The van der Waals surface area contributed by atoms with E-state index in [-0.39, 0.29) is 17.7 Å². The van der Waals surface area contributed by atoms with Crippen molar-refractivity contribution in [2.75, 3.05) is 6.54 Å². The zero-order valence-corrected chi connectivity index (χ0v) is 15.7. The van der Waals surface area contributed by atoms with Crippen molar-refractivity contribution in [2.24, 2.45) is 0 Å². The molecule has 140 valence electrons. The molecule has 0 bridgehead atoms. The van der Waals surface area contributed by atoms with Crippen LogP contribution in [0.2, 0.25) is 0 Å². The van der Waals surface area contributed by atoms with E-state index in [1.807, 2.05) is 51.1 Å². The number of rotatable bonds is 7. The molecule has 3 N–H and O–H groups in total. The highest BCUT2D eigenvalue weighted by Gasteiger charge is 2.20. The molecule has 0 heterocycles. The maximum atomic E-state index is 11.7. The molecule has 1 atom stereocenters. The normalized spacial score (nSPS) is 12.7. The highest BCUT2D eigenvalue weighted by atomic mass is 16.5. The Kier molecular flexibility index (Phi) is 6.40. The van der Waals surface area contributed by atoms with Crippen molar-refractivity contribution < 1.29 is 19.7 Å². The zero-order valence-electron chi connectivity index (χ0n) is 15.7. The first-order chi connectivity index (χ1) is 12.2. The molecule has 0 saturated carbocycles. The van der Waals surface area contributed by atoms with Crippen molar-refractivity contribution in [2.45, 2.75) is 45.9 Å². The predicted molar refractivity (Wildman–Crippen MR) is 102 cm³/mol. The zero-order chi connectivity index (χ0) is 19.3. The summed E-state index contributed by atoms with van der Waals surface area (Å²) < 4.78 is 5.79. The van der Waals surface area contributed by atoms with E-state index in [1.165, 1.54) is 6.07 Å². The van der Waals surface area contributed by atoms with Crippen LogP contribution in [0.5, 0.6) is 5.75 Å². The average molecular weight is 357 g/mol. The number of aliphatic hydroxyl groups is 1. The quantitative estimate of drug-likeness (QED) is 0.704. The lowest BCUT2D eigenvalue weighted by molar-refractivity contribution is 0.0691. The Morgan fingerprint density at radius 2 is 1.85 bits per heavy atom. The number of nitrogens with one attached hydrogen (secondary N) is 1. The van der Waals surface area contributed by atoms with Gasteiger partial charge in [-0.2, -0.15) is 0 Å². The van der Waals surface area contributed by atoms with Gasteiger partial charge in [-0.05, 0) is 56.5 Å². The molecule has 2 aromatic carbocycles. The first-order valence-electron chi connectivity index (χ1n) is 8.65. The minimum absolute atomic E-state index is 0.0609. The number of aliphatic hydroxyl groups excluding tert-OH is 1. The molecule has 0 aliphatic rings. The van der Waals surface area contributed by atoms with Crippen LogP contribution >= 0.6 is 0 Å². The van der Waals surface area contributed by atoms with Gasteiger partial charge in [0.25, 0.3) is 0 Å². The number of ether oxygens (including phenoxy) is 1. The summed E-state index contributed by atoms with van der Waals surface area (Å²) >= 11 is 0. The van der Waals surface area contributed by atoms with Gasteiger partial charge in [-0.3, -0.25) is 0 Å². The topological polar surface area (TPSA) is 78.8 Å². The molecule has 0 aromatic heterocycles. The summed E-state index contributed by atoms with van der Waals surface area (Å²) in [6.45, 7) is 8.44. The molecule has 0 saturated heterocycles. The van der Waals surface area contributed by atoms with Crippen LogP contribution in [-0.4, -0.2) is 28.3 Å². The lowest BCUT2D eigenvalue weighted by atomic mass is 10.00. The van der Waals surface area contributed by atoms with E-state index in [1.54, 1.807) is 13.0 Å². The Bertz CT molecular complexity index is 751. The summed E-state index contributed by atoms with van der Waals surface area (Å²) in [6, 6.07) is 12.8. The van der Waals surface area contributed by atoms with E-state index < -0.39 is 12.1 Å². The lowest BCUT2D eigenvalue weighted by Gasteiger charge is -2.23. The van der Waals surface area contributed by atoms with Gasteiger partial charge in [-0.1, -0.05) is 30.3 Å². The van der Waals surface area contributed by atoms with Crippen molar-refractivity contribution in [1.82, 2.24) is 5.32 Å². The molecule has 26 heavy (non-hydrogen) atoms. The summed E-state index contributed by atoms with van der Waals surface area (Å²) in [6.07, 6.45) is -0.797. The Labute approximate surface area is 154 Å². The molecule has 0 fully saturated rings. The third kappa shape index (κ3) is 5.58. The molecule has 0 aliphatic heterocycles. The fourth-order valence-electron chi connectivity index (χ4n) is 2.60. The number of carboxylic acid groups (broad SMARTS) is 1. The molecule has 2 aromatic rings. The average Bonchev–Trinajstić information content (AvgIpc) is 2.58. The smallest absolute Gasteiger partial charge is 0.339 e. The number of hydrogen-bond acceptors (Lipinski definition) is 4. The Balaban J connectivity index is 2.23. The van der Waals surface area contributed by atoms with Gasteiger partial charge in [0, 0.05) is 12.1 Å². The first kappa shape index (κ1) is 19.9. The Morgan fingerprint density at radius 3 is 2.42 bits per heavy atom. The van der Waals surface area contributed by atoms with Crippen molar-refractivity contribution in [3.8, 4) is 5.75 Å². The molecule has 5 heteroatoms. The SMILES string of the molecule is Cc1cc([C@@H](O)CNC(C)(C)C)cc(C(=O)O)c1OCc1ccccc1. The van der Waals surface area contributed by atoms with Gasteiger partial charge in [0.1, 0.15) is 17.9 Å². The summed E-state index contributed by atoms with van der Waals surface area (Å²) in [5, 5.41) is 23.2. The molecular weight excluding hydrogens is 330 g/mol. The molecule has 0 unspecified atom stereocenters. The van der Waals surface area contributed by atoms with Crippen molar-refractivity contribution in [1.29, 1.82) is 0 Å². The van der Waals surface area contributed by atoms with Crippen LogP contribution in [0.4, 0.5) is 0 Å². The van der Waals surface area contributed by atoms with Gasteiger partial charge in [-0.15, -0.1) is 0 Å². The second kappa shape index (κ2) is 8.34. The van der Waals surface area contributed by atoms with E-state index in [0.29, 0.717) is 23.4 Å². The van der Waals surface area contributed by atoms with Gasteiger partial charge >= 0.3 is 5.97 Å². The number of carbonyl (C=O) groups is 1. The van der Waals surface area contributed by atoms with Crippen molar-refractivity contribution >= 4 is 5.97 Å². The van der Waals surface area contributed by atoms with E-state index in [9.17, 15) is 15.0 Å². The summed E-state index contributed by atoms with van der Waals surface area (Å²) in [7, 11) is 0. The maximum Gasteiger partial charge on any atom is 0.339 e. The van der Waals surface area contributed by atoms with Crippen LogP contribution in [0.1, 0.15) is 53.9 Å². The summed E-state index contributed by atoms with van der Waals surface area (Å²) in [4.78, 5) is 11.7. The summed E-state index contributed by atoms with van der Waals surface area (Å²) in [5.41, 5.74) is 2.13. The van der Waals surface area contributed by atoms with Gasteiger partial charge in [0.2, 0.25) is 0 Å². The van der Waals surface area contributed by atoms with Crippen LogP contribution in [-0.2, 0) is 6.61 Å². The van der Waals surface area contributed by atoms with Crippen molar-refractivity contribution in [3.63, 3.8) is 0 Å². The number of β-amino-alcohol motifs (C(OH)–C–C–N with tert-alkyl or cyclic N) is 1. The van der Waals surface area contributed by atoms with E-state index >= 15 is 0 Å². The standard InChI is InChI=1S/C21H27NO4/c1-14-10-16(18(23)12-22-21(2,3)4)11-17(20(24)25)19(14)26-13-15-8-6-5-7-9-15/h5-11,18,22-23H,12-13H2,1-4H3,(H,24,25)/t18-/m0/s1. The largest absolute Gasteiger partial charge is 0.488 e. The maximum absolute atomic E-state index is 11.7. The summed E-state index contributed by atoms with van der Waals surface area (Å²) in [5.74, 6) is -0.741. The predicted octanol–water partition coefficient (Wildman–Crippen LogP) is 3.69. The first-order valence-corrected chi connectivity index (χ1v) is 8.65. The minimum Gasteiger partial charge on any atom is -0.488 e. The molecule has 5 nitrogen and oxygen atoms in total. The third-order valence-corrected chi connectivity index (χ3v) is 3.96. The molecule has 0 amide bonds. The molecular formula is C21H27NO4. The Hall–Kier alpha value is -2.37. The fraction of sp³-hybridized carbons (Fsp3) is 0.381.